The summed E-state index contributed by atoms with van der Waals surface area (Å²) in [4.78, 5) is 39.9. The van der Waals surface area contributed by atoms with Gasteiger partial charge in [-0.15, -0.1) is 0 Å². The number of nitrogens with zero attached hydrogens (tertiary/aromatic N) is 1. The Bertz CT molecular complexity index is 1420. The van der Waals surface area contributed by atoms with Crippen LogP contribution < -0.4 is 10.2 Å². The van der Waals surface area contributed by atoms with Crippen LogP contribution in [-0.2, 0) is 27.9 Å². The number of amides is 1. The number of phosphoric acid groups is 1. The van der Waals surface area contributed by atoms with Gasteiger partial charge < -0.3 is 28.5 Å². The maximum atomic E-state index is 13.5. The van der Waals surface area contributed by atoms with Gasteiger partial charge in [-0.3, -0.25) is 14.2 Å². The molecule has 0 fully saturated rings. The number of carbonyl (C=O) groups excluding carboxylic acids is 2. The van der Waals surface area contributed by atoms with Crippen LogP contribution in [0, 0.1) is 0 Å². The van der Waals surface area contributed by atoms with E-state index in [4.69, 9.17) is 13.8 Å². The molecule has 0 spiro atoms. The van der Waals surface area contributed by atoms with Crippen molar-refractivity contribution in [3.05, 3.63) is 60.8 Å². The molecule has 0 bridgehead atoms. The van der Waals surface area contributed by atoms with E-state index in [-0.39, 0.29) is 24.9 Å². The number of hydrogen-bond donors (Lipinski definition) is 1. The van der Waals surface area contributed by atoms with E-state index >= 15 is 0 Å². The first-order chi connectivity index (χ1) is 34.9. The molecule has 9 nitrogen and oxygen atoms in total. The minimum absolute atomic E-state index is 0.0268. The number of hydrogen-bond acceptors (Lipinski definition) is 7. The van der Waals surface area contributed by atoms with Crippen molar-refractivity contribution in [2.45, 2.75) is 283 Å². The summed E-state index contributed by atoms with van der Waals surface area (Å²) >= 11 is 0. The highest BCUT2D eigenvalue weighted by Crippen LogP contribution is 2.38. The molecule has 3 atom stereocenters. The lowest BCUT2D eigenvalue weighted by atomic mass is 10.0. The molecule has 3 unspecified atom stereocenters. The van der Waals surface area contributed by atoms with Crippen molar-refractivity contribution in [2.24, 2.45) is 0 Å². The SMILES string of the molecule is CCCCC/C=C\C/C=C\C/C=C\CCCCCCCCC(=O)NC(COP(=O)([O-])OCC[N+](C)(C)C)C(/C=C\CCCCCCCCCCCC)OC(=O)CCCCCCCCC/C=C\CCCCCC. The first-order valence-corrected chi connectivity index (χ1v) is 31.6. The number of unbranched alkanes of at least 4 members (excludes halogenated alkanes) is 30. The molecule has 0 saturated heterocycles. The third-order valence-corrected chi connectivity index (χ3v) is 14.1. The standard InChI is InChI=1S/C62H115N2O7P/c1-7-10-13-16-19-22-25-28-30-31-32-33-35-36-39-42-45-48-51-54-61(65)63-59(58-70-72(67,68)69-57-56-64(4,5)6)60(53-50-47-44-41-38-27-24-21-18-15-12-9-3)71-62(66)55-52-49-46-43-40-37-34-29-26-23-20-17-14-11-8-2/h19,22-23,26,28,30,32-33,50,53,59-60H,7-18,20-21,24-25,27,29,31,34-49,51-52,54-58H2,1-6H3,(H-,63,65,67,68)/b22-19-,26-23-,30-28-,33-32-,53-50-. The number of ether oxygens (including phenoxy) is 1. The minimum Gasteiger partial charge on any atom is -0.756 e. The van der Waals surface area contributed by atoms with E-state index in [1.54, 1.807) is 0 Å². The van der Waals surface area contributed by atoms with Crippen molar-refractivity contribution in [2.75, 3.05) is 40.9 Å². The van der Waals surface area contributed by atoms with Crippen LogP contribution in [0.5, 0.6) is 0 Å². The minimum atomic E-state index is -4.70. The monoisotopic (exact) mass is 1030 g/mol. The number of phosphoric ester groups is 1. The first-order valence-electron chi connectivity index (χ1n) is 30.1. The van der Waals surface area contributed by atoms with Crippen molar-refractivity contribution in [1.82, 2.24) is 5.32 Å². The normalized spacial score (nSPS) is 14.2. The summed E-state index contributed by atoms with van der Waals surface area (Å²) in [5, 5.41) is 3.02. The Hall–Kier alpha value is -2.29. The van der Waals surface area contributed by atoms with Crippen LogP contribution in [0.15, 0.2) is 60.8 Å². The summed E-state index contributed by atoms with van der Waals surface area (Å²) < 4.78 is 30.3. The molecule has 0 aromatic carbocycles. The number of likely N-dealkylation sites (N-methyl/N-ethyl adjacent to an activating group) is 1. The summed E-state index contributed by atoms with van der Waals surface area (Å²) in [6.45, 7) is 6.79. The smallest absolute Gasteiger partial charge is 0.306 e. The number of esters is 1. The predicted molar refractivity (Wildman–Crippen MR) is 307 cm³/mol. The van der Waals surface area contributed by atoms with Crippen molar-refractivity contribution in [3.63, 3.8) is 0 Å². The quantitative estimate of drug-likeness (QED) is 0.0212. The van der Waals surface area contributed by atoms with E-state index in [9.17, 15) is 19.0 Å². The highest BCUT2D eigenvalue weighted by molar-refractivity contribution is 7.45. The molecule has 72 heavy (non-hydrogen) atoms. The fraction of sp³-hybridized carbons (Fsp3) is 0.806. The Morgan fingerprint density at radius 1 is 0.486 bits per heavy atom. The largest absolute Gasteiger partial charge is 0.756 e. The lowest BCUT2D eigenvalue weighted by molar-refractivity contribution is -0.870. The van der Waals surface area contributed by atoms with Crippen LogP contribution in [0.2, 0.25) is 0 Å². The lowest BCUT2D eigenvalue weighted by Gasteiger charge is -2.30. The van der Waals surface area contributed by atoms with Crippen LogP contribution in [0.4, 0.5) is 0 Å². The van der Waals surface area contributed by atoms with Crippen molar-refractivity contribution in [3.8, 4) is 0 Å². The van der Waals surface area contributed by atoms with Gasteiger partial charge >= 0.3 is 5.97 Å². The second-order valence-electron chi connectivity index (χ2n) is 21.5. The molecule has 0 aliphatic heterocycles. The van der Waals surface area contributed by atoms with Crippen molar-refractivity contribution in [1.29, 1.82) is 0 Å². The molecular weight excluding hydrogens is 916 g/mol. The van der Waals surface area contributed by atoms with Crippen LogP contribution in [0.1, 0.15) is 271 Å². The Morgan fingerprint density at radius 2 is 0.847 bits per heavy atom. The Kier molecular flexibility index (Phi) is 50.5. The van der Waals surface area contributed by atoms with Crippen molar-refractivity contribution >= 4 is 19.7 Å². The van der Waals surface area contributed by atoms with Gasteiger partial charge in [-0.05, 0) is 96.0 Å². The van der Waals surface area contributed by atoms with E-state index in [1.807, 2.05) is 33.3 Å². The summed E-state index contributed by atoms with van der Waals surface area (Å²) in [5.41, 5.74) is 0. The van der Waals surface area contributed by atoms with Gasteiger partial charge in [0, 0.05) is 12.8 Å². The molecule has 0 aliphatic carbocycles. The average Bonchev–Trinajstić information content (AvgIpc) is 3.34. The van der Waals surface area contributed by atoms with Crippen LogP contribution in [-0.4, -0.2) is 69.4 Å². The van der Waals surface area contributed by atoms with Gasteiger partial charge in [0.2, 0.25) is 5.91 Å². The predicted octanol–water partition coefficient (Wildman–Crippen LogP) is 17.6. The summed E-state index contributed by atoms with van der Waals surface area (Å²) in [6, 6.07) is -0.897. The molecule has 0 aromatic heterocycles. The molecule has 0 saturated carbocycles. The molecule has 420 valence electrons. The van der Waals surface area contributed by atoms with Crippen LogP contribution in [0.25, 0.3) is 0 Å². The molecule has 0 aromatic rings. The zero-order valence-corrected chi connectivity index (χ0v) is 48.8. The van der Waals surface area contributed by atoms with Gasteiger partial charge in [0.05, 0.1) is 33.8 Å². The molecule has 0 rings (SSSR count). The molecular formula is C62H115N2O7P. The van der Waals surface area contributed by atoms with Gasteiger partial charge in [-0.1, -0.05) is 223 Å². The summed E-state index contributed by atoms with van der Waals surface area (Å²) in [7, 11) is 1.17. The van der Waals surface area contributed by atoms with Crippen LogP contribution >= 0.6 is 7.82 Å². The Labute approximate surface area is 445 Å². The lowest BCUT2D eigenvalue weighted by Crippen LogP contribution is -2.47. The number of allylic oxidation sites excluding steroid dienone is 9. The third-order valence-electron chi connectivity index (χ3n) is 13.2. The number of carbonyl (C=O) groups is 2. The number of rotatable bonds is 54. The van der Waals surface area contributed by atoms with E-state index in [2.05, 4.69) is 74.7 Å². The van der Waals surface area contributed by atoms with E-state index < -0.39 is 26.6 Å². The Morgan fingerprint density at radius 3 is 1.32 bits per heavy atom. The van der Waals surface area contributed by atoms with Gasteiger partial charge in [0.25, 0.3) is 7.82 Å². The molecule has 1 amide bonds. The summed E-state index contributed by atoms with van der Waals surface area (Å²) in [6.07, 6.45) is 64.6. The average molecular weight is 1030 g/mol. The van der Waals surface area contributed by atoms with E-state index in [1.165, 1.54) is 128 Å². The van der Waals surface area contributed by atoms with Crippen molar-refractivity contribution < 1.29 is 37.3 Å². The molecule has 0 radical (unpaired) electrons. The number of nitrogens with one attached hydrogen (secondary N) is 1. The van der Waals surface area contributed by atoms with Gasteiger partial charge in [0.1, 0.15) is 19.3 Å². The molecule has 10 heteroatoms. The second kappa shape index (κ2) is 52.2. The van der Waals surface area contributed by atoms with Crippen LogP contribution in [0.3, 0.4) is 0 Å². The molecule has 1 N–H and O–H groups in total. The Balaban J connectivity index is 5.32. The highest BCUT2D eigenvalue weighted by Gasteiger charge is 2.27. The topological polar surface area (TPSA) is 114 Å². The number of quaternary nitrogens is 1. The fourth-order valence-electron chi connectivity index (χ4n) is 8.46. The van der Waals surface area contributed by atoms with E-state index in [0.717, 1.165) is 109 Å². The first kappa shape index (κ1) is 69.7. The maximum absolute atomic E-state index is 13.5. The fourth-order valence-corrected chi connectivity index (χ4v) is 9.19. The summed E-state index contributed by atoms with van der Waals surface area (Å²) in [5.74, 6) is -0.558. The third kappa shape index (κ3) is 52.6. The van der Waals surface area contributed by atoms with Gasteiger partial charge in [-0.2, -0.15) is 0 Å². The van der Waals surface area contributed by atoms with E-state index in [0.29, 0.717) is 17.4 Å². The highest BCUT2D eigenvalue weighted by atomic mass is 31.2. The molecule has 0 aliphatic rings. The van der Waals surface area contributed by atoms with Gasteiger partial charge in [-0.25, -0.2) is 0 Å². The zero-order valence-electron chi connectivity index (χ0n) is 47.9. The second-order valence-corrected chi connectivity index (χ2v) is 22.9. The molecule has 0 heterocycles. The van der Waals surface area contributed by atoms with Gasteiger partial charge in [0.15, 0.2) is 0 Å². The maximum Gasteiger partial charge on any atom is 0.306 e. The zero-order chi connectivity index (χ0) is 52.9.